The first-order valence-electron chi connectivity index (χ1n) is 4.85. The highest BCUT2D eigenvalue weighted by Crippen LogP contribution is 2.39. The molecule has 1 aromatic rings. The molecule has 0 saturated heterocycles. The molecule has 1 aliphatic rings. The monoisotopic (exact) mass is 275 g/mol. The molecule has 5 heteroatoms. The van der Waals surface area contributed by atoms with Crippen molar-refractivity contribution < 1.29 is 0 Å². The van der Waals surface area contributed by atoms with Crippen LogP contribution in [0.1, 0.15) is 31.5 Å². The van der Waals surface area contributed by atoms with Crippen molar-refractivity contribution in [2.75, 3.05) is 18.5 Å². The SMILES string of the molecule is CC(Br)CN(C)c1nc(C2CC2)ns1. The van der Waals surface area contributed by atoms with E-state index in [9.17, 15) is 0 Å². The number of rotatable bonds is 4. The summed E-state index contributed by atoms with van der Waals surface area (Å²) in [5.41, 5.74) is 0. The van der Waals surface area contributed by atoms with Crippen LogP contribution in [0.25, 0.3) is 0 Å². The first-order valence-corrected chi connectivity index (χ1v) is 6.54. The van der Waals surface area contributed by atoms with Gasteiger partial charge in [0.25, 0.3) is 0 Å². The second-order valence-electron chi connectivity index (χ2n) is 3.87. The van der Waals surface area contributed by atoms with Gasteiger partial charge in [0.1, 0.15) is 5.82 Å². The van der Waals surface area contributed by atoms with Gasteiger partial charge in [-0.15, -0.1) is 0 Å². The zero-order valence-electron chi connectivity index (χ0n) is 8.40. The smallest absolute Gasteiger partial charge is 0.204 e. The Morgan fingerprint density at radius 3 is 2.93 bits per heavy atom. The van der Waals surface area contributed by atoms with Crippen LogP contribution in [0.15, 0.2) is 0 Å². The van der Waals surface area contributed by atoms with Crippen LogP contribution in [0.2, 0.25) is 0 Å². The van der Waals surface area contributed by atoms with Gasteiger partial charge in [0, 0.05) is 35.9 Å². The summed E-state index contributed by atoms with van der Waals surface area (Å²) >= 11 is 5.05. The van der Waals surface area contributed by atoms with Crippen molar-refractivity contribution in [3.05, 3.63) is 5.82 Å². The van der Waals surface area contributed by atoms with E-state index in [-0.39, 0.29) is 0 Å². The van der Waals surface area contributed by atoms with E-state index in [2.05, 4.69) is 44.2 Å². The first-order chi connectivity index (χ1) is 6.66. The Bertz CT molecular complexity index is 309. The number of anilines is 1. The van der Waals surface area contributed by atoms with Crippen LogP contribution in [0.5, 0.6) is 0 Å². The minimum absolute atomic E-state index is 0.487. The van der Waals surface area contributed by atoms with Gasteiger partial charge < -0.3 is 4.90 Å². The van der Waals surface area contributed by atoms with Crippen LogP contribution in [0, 0.1) is 0 Å². The van der Waals surface area contributed by atoms with Crippen molar-refractivity contribution in [2.24, 2.45) is 0 Å². The summed E-state index contributed by atoms with van der Waals surface area (Å²) in [5.74, 6) is 1.72. The number of alkyl halides is 1. The number of aromatic nitrogens is 2. The first kappa shape index (κ1) is 10.4. The van der Waals surface area contributed by atoms with Crippen molar-refractivity contribution in [3.8, 4) is 0 Å². The van der Waals surface area contributed by atoms with E-state index in [0.29, 0.717) is 10.7 Å². The molecule has 0 amide bonds. The van der Waals surface area contributed by atoms with Crippen molar-refractivity contribution in [1.82, 2.24) is 9.36 Å². The molecule has 0 aliphatic heterocycles. The van der Waals surface area contributed by atoms with Gasteiger partial charge in [-0.1, -0.05) is 22.9 Å². The van der Waals surface area contributed by atoms with Gasteiger partial charge >= 0.3 is 0 Å². The molecule has 1 unspecified atom stereocenters. The second kappa shape index (κ2) is 4.14. The lowest BCUT2D eigenvalue weighted by Gasteiger charge is -2.16. The zero-order chi connectivity index (χ0) is 10.1. The van der Waals surface area contributed by atoms with Gasteiger partial charge in [-0.25, -0.2) is 4.98 Å². The molecule has 1 saturated carbocycles. The molecular formula is C9H14BrN3S. The fraction of sp³-hybridized carbons (Fsp3) is 0.778. The van der Waals surface area contributed by atoms with E-state index < -0.39 is 0 Å². The van der Waals surface area contributed by atoms with E-state index in [4.69, 9.17) is 0 Å². The standard InChI is InChI=1S/C9H14BrN3S/c1-6(10)5-13(2)9-11-8(12-14-9)7-3-4-7/h6-7H,3-5H2,1-2H3. The van der Waals surface area contributed by atoms with E-state index >= 15 is 0 Å². The number of nitrogens with zero attached hydrogens (tertiary/aromatic N) is 3. The fourth-order valence-electron chi connectivity index (χ4n) is 1.34. The molecule has 1 aromatic heterocycles. The number of hydrogen-bond donors (Lipinski definition) is 0. The Morgan fingerprint density at radius 2 is 2.36 bits per heavy atom. The normalized spacial score (nSPS) is 18.2. The maximum atomic E-state index is 4.54. The Hall–Kier alpha value is -0.160. The Morgan fingerprint density at radius 1 is 1.64 bits per heavy atom. The second-order valence-corrected chi connectivity index (χ2v) is 6.16. The van der Waals surface area contributed by atoms with Crippen molar-refractivity contribution >= 4 is 32.6 Å². The van der Waals surface area contributed by atoms with Crippen LogP contribution in [-0.4, -0.2) is 27.8 Å². The summed E-state index contributed by atoms with van der Waals surface area (Å²) in [5, 5.41) is 1.04. The van der Waals surface area contributed by atoms with Gasteiger partial charge in [-0.3, -0.25) is 0 Å². The highest BCUT2D eigenvalue weighted by Gasteiger charge is 2.28. The summed E-state index contributed by atoms with van der Waals surface area (Å²) in [7, 11) is 2.06. The molecule has 3 nitrogen and oxygen atoms in total. The third-order valence-electron chi connectivity index (χ3n) is 2.23. The molecule has 0 radical (unpaired) electrons. The Kier molecular flexibility index (Phi) is 3.07. The Labute approximate surface area is 96.8 Å². The number of halogens is 1. The molecule has 0 spiro atoms. The Balaban J connectivity index is 2.00. The molecule has 14 heavy (non-hydrogen) atoms. The summed E-state index contributed by atoms with van der Waals surface area (Å²) in [4.78, 5) is 7.18. The van der Waals surface area contributed by atoms with Gasteiger partial charge in [-0.2, -0.15) is 4.37 Å². The molecule has 1 heterocycles. The van der Waals surface area contributed by atoms with Crippen LogP contribution < -0.4 is 4.90 Å². The molecule has 0 bridgehead atoms. The van der Waals surface area contributed by atoms with E-state index in [1.54, 1.807) is 0 Å². The van der Waals surface area contributed by atoms with E-state index in [1.165, 1.54) is 24.4 Å². The molecular weight excluding hydrogens is 262 g/mol. The third kappa shape index (κ3) is 2.45. The summed E-state index contributed by atoms with van der Waals surface area (Å²) in [6.45, 7) is 3.11. The maximum absolute atomic E-state index is 4.54. The van der Waals surface area contributed by atoms with Crippen molar-refractivity contribution in [1.29, 1.82) is 0 Å². The van der Waals surface area contributed by atoms with Crippen LogP contribution >= 0.6 is 27.5 Å². The highest BCUT2D eigenvalue weighted by atomic mass is 79.9. The van der Waals surface area contributed by atoms with Gasteiger partial charge in [0.2, 0.25) is 5.13 Å². The van der Waals surface area contributed by atoms with E-state index in [0.717, 1.165) is 17.5 Å². The zero-order valence-corrected chi connectivity index (χ0v) is 10.8. The fourth-order valence-corrected chi connectivity index (χ4v) is 2.49. The predicted octanol–water partition coefficient (Wildman–Crippen LogP) is 2.64. The van der Waals surface area contributed by atoms with Gasteiger partial charge in [-0.05, 0) is 12.8 Å². The largest absolute Gasteiger partial charge is 0.349 e. The molecule has 0 aromatic carbocycles. The summed E-state index contributed by atoms with van der Waals surface area (Å²) < 4.78 is 4.38. The molecule has 1 aliphatic carbocycles. The molecule has 2 rings (SSSR count). The molecule has 1 atom stereocenters. The van der Waals surface area contributed by atoms with Crippen LogP contribution in [0.3, 0.4) is 0 Å². The van der Waals surface area contributed by atoms with Gasteiger partial charge in [0.15, 0.2) is 0 Å². The van der Waals surface area contributed by atoms with Crippen LogP contribution in [0.4, 0.5) is 5.13 Å². The minimum Gasteiger partial charge on any atom is -0.349 e. The van der Waals surface area contributed by atoms with Crippen LogP contribution in [-0.2, 0) is 0 Å². The topological polar surface area (TPSA) is 29.0 Å². The van der Waals surface area contributed by atoms with Crippen molar-refractivity contribution in [3.63, 3.8) is 0 Å². The molecule has 0 N–H and O–H groups in total. The lowest BCUT2D eigenvalue weighted by atomic mass is 10.4. The van der Waals surface area contributed by atoms with Crippen molar-refractivity contribution in [2.45, 2.75) is 30.5 Å². The predicted molar refractivity (Wildman–Crippen MR) is 63.5 cm³/mol. The average molecular weight is 276 g/mol. The summed E-state index contributed by atoms with van der Waals surface area (Å²) in [6, 6.07) is 0. The lowest BCUT2D eigenvalue weighted by molar-refractivity contribution is 0.862. The lowest BCUT2D eigenvalue weighted by Crippen LogP contribution is -2.23. The highest BCUT2D eigenvalue weighted by molar-refractivity contribution is 9.09. The third-order valence-corrected chi connectivity index (χ3v) is 3.36. The number of hydrogen-bond acceptors (Lipinski definition) is 4. The molecule has 1 fully saturated rings. The minimum atomic E-state index is 0.487. The van der Waals surface area contributed by atoms with E-state index in [1.807, 2.05) is 0 Å². The summed E-state index contributed by atoms with van der Waals surface area (Å²) in [6.07, 6.45) is 2.55. The van der Waals surface area contributed by atoms with Gasteiger partial charge in [0.05, 0.1) is 0 Å². The quantitative estimate of drug-likeness (QED) is 0.792. The molecule has 78 valence electrons. The maximum Gasteiger partial charge on any atom is 0.204 e. The average Bonchev–Trinajstić information content (AvgIpc) is 2.82.